The molecular weight excluding hydrogens is 244 g/mol. The number of rotatable bonds is 2. The molecule has 1 fully saturated rings. The van der Waals surface area contributed by atoms with Crippen molar-refractivity contribution in [2.75, 3.05) is 0 Å². The molecule has 0 aromatic heterocycles. The van der Waals surface area contributed by atoms with Gasteiger partial charge in [0.15, 0.2) is 5.78 Å². The predicted molar refractivity (Wildman–Crippen MR) is 70.5 cm³/mol. The van der Waals surface area contributed by atoms with Gasteiger partial charge in [-0.15, -0.1) is 0 Å². The molecule has 4 atom stereocenters. The first kappa shape index (κ1) is 14.0. The van der Waals surface area contributed by atoms with Crippen LogP contribution in [0.5, 0.6) is 0 Å². The molecule has 0 bridgehead atoms. The molecule has 2 aliphatic rings. The quantitative estimate of drug-likeness (QED) is 0.747. The van der Waals surface area contributed by atoms with Gasteiger partial charge in [0.2, 0.25) is 0 Å². The van der Waals surface area contributed by atoms with Crippen molar-refractivity contribution in [2.24, 2.45) is 17.8 Å². The van der Waals surface area contributed by atoms with E-state index in [2.05, 4.69) is 6.58 Å². The Morgan fingerprint density at radius 2 is 2.00 bits per heavy atom. The molecule has 4 nitrogen and oxygen atoms in total. The SMILES string of the molecule is C=C(C(=O)O)[C@@H]1CC2=C(C)C(=O)C[C@H]2[C@@H](C)C[C@H]1O. The Bertz CT molecular complexity index is 475. The highest BCUT2D eigenvalue weighted by Crippen LogP contribution is 2.45. The fraction of sp³-hybridized carbons (Fsp3) is 0.600. The number of ketones is 1. The van der Waals surface area contributed by atoms with Gasteiger partial charge in [-0.05, 0) is 37.2 Å². The van der Waals surface area contributed by atoms with Gasteiger partial charge in [0, 0.05) is 17.9 Å². The molecule has 0 aliphatic heterocycles. The minimum atomic E-state index is -1.07. The fourth-order valence-electron chi connectivity index (χ4n) is 3.38. The van der Waals surface area contributed by atoms with Crippen LogP contribution >= 0.6 is 0 Å². The van der Waals surface area contributed by atoms with Crippen LogP contribution in [0.4, 0.5) is 0 Å². The van der Waals surface area contributed by atoms with Gasteiger partial charge in [-0.2, -0.15) is 0 Å². The summed E-state index contributed by atoms with van der Waals surface area (Å²) in [6.07, 6.45) is 0.769. The van der Waals surface area contributed by atoms with Crippen molar-refractivity contribution in [2.45, 2.75) is 39.2 Å². The second-order valence-corrected chi connectivity index (χ2v) is 5.81. The van der Waals surface area contributed by atoms with Gasteiger partial charge in [0.25, 0.3) is 0 Å². The van der Waals surface area contributed by atoms with Crippen molar-refractivity contribution in [1.82, 2.24) is 0 Å². The molecule has 2 rings (SSSR count). The molecule has 0 unspecified atom stereocenters. The zero-order valence-electron chi connectivity index (χ0n) is 11.3. The first-order valence-electron chi connectivity index (χ1n) is 6.66. The predicted octanol–water partition coefficient (Wildman–Crippen LogP) is 1.94. The lowest BCUT2D eigenvalue weighted by atomic mass is 9.86. The van der Waals surface area contributed by atoms with E-state index in [0.29, 0.717) is 19.3 Å². The second-order valence-electron chi connectivity index (χ2n) is 5.81. The lowest BCUT2D eigenvalue weighted by Crippen LogP contribution is -2.25. The average molecular weight is 264 g/mol. The number of aliphatic hydroxyl groups excluding tert-OH is 1. The summed E-state index contributed by atoms with van der Waals surface area (Å²) >= 11 is 0. The van der Waals surface area contributed by atoms with Crippen molar-refractivity contribution < 1.29 is 19.8 Å². The van der Waals surface area contributed by atoms with Crippen LogP contribution in [0.1, 0.15) is 33.1 Å². The Balaban J connectivity index is 2.37. The molecule has 2 N–H and O–H groups in total. The summed E-state index contributed by atoms with van der Waals surface area (Å²) in [6.45, 7) is 7.41. The van der Waals surface area contributed by atoms with Gasteiger partial charge < -0.3 is 10.2 Å². The van der Waals surface area contributed by atoms with Crippen LogP contribution in [-0.2, 0) is 9.59 Å². The Labute approximate surface area is 112 Å². The molecule has 0 spiro atoms. The summed E-state index contributed by atoms with van der Waals surface area (Å²) in [7, 11) is 0. The van der Waals surface area contributed by atoms with Crippen molar-refractivity contribution in [1.29, 1.82) is 0 Å². The molecule has 19 heavy (non-hydrogen) atoms. The zero-order chi connectivity index (χ0) is 14.3. The Hall–Kier alpha value is -1.42. The van der Waals surface area contributed by atoms with Gasteiger partial charge in [-0.25, -0.2) is 4.79 Å². The third-order valence-corrected chi connectivity index (χ3v) is 4.68. The number of fused-ring (bicyclic) bond motifs is 1. The van der Waals surface area contributed by atoms with E-state index in [1.54, 1.807) is 0 Å². The van der Waals surface area contributed by atoms with Crippen LogP contribution in [0, 0.1) is 17.8 Å². The number of carbonyl (C=O) groups excluding carboxylic acids is 1. The normalized spacial score (nSPS) is 35.0. The first-order chi connectivity index (χ1) is 8.82. The number of hydrogen-bond acceptors (Lipinski definition) is 3. The Morgan fingerprint density at radius 1 is 1.37 bits per heavy atom. The van der Waals surface area contributed by atoms with Crippen LogP contribution in [0.25, 0.3) is 0 Å². The largest absolute Gasteiger partial charge is 0.478 e. The van der Waals surface area contributed by atoms with Crippen molar-refractivity contribution in [3.05, 3.63) is 23.3 Å². The summed E-state index contributed by atoms with van der Waals surface area (Å²) in [5.74, 6) is -1.05. The highest BCUT2D eigenvalue weighted by atomic mass is 16.4. The maximum atomic E-state index is 11.8. The highest BCUT2D eigenvalue weighted by Gasteiger charge is 2.41. The molecule has 1 saturated carbocycles. The summed E-state index contributed by atoms with van der Waals surface area (Å²) in [6, 6.07) is 0. The molecule has 0 aromatic carbocycles. The molecule has 104 valence electrons. The molecule has 0 heterocycles. The zero-order valence-corrected chi connectivity index (χ0v) is 11.3. The van der Waals surface area contributed by atoms with E-state index in [1.165, 1.54) is 0 Å². The van der Waals surface area contributed by atoms with Crippen LogP contribution in [0.15, 0.2) is 23.3 Å². The van der Waals surface area contributed by atoms with Gasteiger partial charge in [-0.1, -0.05) is 19.1 Å². The molecular formula is C15H20O4. The van der Waals surface area contributed by atoms with Crippen LogP contribution in [0.3, 0.4) is 0 Å². The van der Waals surface area contributed by atoms with Gasteiger partial charge >= 0.3 is 5.97 Å². The van der Waals surface area contributed by atoms with Gasteiger partial charge in [0.05, 0.1) is 6.10 Å². The molecule has 0 aromatic rings. The summed E-state index contributed by atoms with van der Waals surface area (Å²) in [4.78, 5) is 22.9. The number of hydrogen-bond donors (Lipinski definition) is 2. The first-order valence-corrected chi connectivity index (χ1v) is 6.66. The minimum absolute atomic E-state index is 0.0417. The summed E-state index contributed by atoms with van der Waals surface area (Å²) in [5.41, 5.74) is 1.83. The monoisotopic (exact) mass is 264 g/mol. The van der Waals surface area contributed by atoms with E-state index >= 15 is 0 Å². The Morgan fingerprint density at radius 3 is 2.58 bits per heavy atom. The number of allylic oxidation sites excluding steroid dienone is 2. The molecule has 4 heteroatoms. The fourth-order valence-corrected chi connectivity index (χ4v) is 3.38. The molecule has 0 amide bonds. The topological polar surface area (TPSA) is 74.6 Å². The van der Waals surface area contributed by atoms with Crippen molar-refractivity contribution in [3.8, 4) is 0 Å². The highest BCUT2D eigenvalue weighted by molar-refractivity contribution is 5.98. The van der Waals surface area contributed by atoms with E-state index in [-0.39, 0.29) is 23.2 Å². The van der Waals surface area contributed by atoms with E-state index in [4.69, 9.17) is 5.11 Å². The lowest BCUT2D eigenvalue weighted by Gasteiger charge is -2.21. The maximum absolute atomic E-state index is 11.8. The number of carboxylic acid groups (broad SMARTS) is 1. The van der Waals surface area contributed by atoms with Crippen molar-refractivity contribution in [3.63, 3.8) is 0 Å². The number of aliphatic hydroxyl groups is 1. The number of Topliss-reactive ketones (excluding diaryl/α,β-unsaturated/α-hetero) is 1. The summed E-state index contributed by atoms with van der Waals surface area (Å²) < 4.78 is 0. The molecule has 2 aliphatic carbocycles. The van der Waals surface area contributed by atoms with Crippen LogP contribution in [-0.4, -0.2) is 28.1 Å². The Kier molecular flexibility index (Phi) is 3.63. The standard InChI is InChI=1S/C15H20O4/c1-7-4-14(17)12(9(3)15(18)19)5-11-8(2)13(16)6-10(7)11/h7,10,12,14,17H,3-6H2,1-2H3,(H,18,19)/t7-,10-,12-,14+/m0/s1. The van der Waals surface area contributed by atoms with E-state index in [1.807, 2.05) is 13.8 Å². The van der Waals surface area contributed by atoms with E-state index in [9.17, 15) is 14.7 Å². The third kappa shape index (κ3) is 2.37. The number of carboxylic acids is 1. The van der Waals surface area contributed by atoms with Crippen LogP contribution < -0.4 is 0 Å². The van der Waals surface area contributed by atoms with Gasteiger partial charge in [-0.3, -0.25) is 4.79 Å². The third-order valence-electron chi connectivity index (χ3n) is 4.68. The summed E-state index contributed by atoms with van der Waals surface area (Å²) in [5, 5.41) is 19.3. The van der Waals surface area contributed by atoms with E-state index < -0.39 is 18.0 Å². The average Bonchev–Trinajstić information content (AvgIpc) is 2.54. The number of aliphatic carboxylic acids is 1. The lowest BCUT2D eigenvalue weighted by molar-refractivity contribution is -0.133. The molecule has 0 saturated heterocycles. The van der Waals surface area contributed by atoms with Crippen molar-refractivity contribution >= 4 is 11.8 Å². The number of carbonyl (C=O) groups is 2. The second kappa shape index (κ2) is 4.93. The van der Waals surface area contributed by atoms with E-state index in [0.717, 1.165) is 11.1 Å². The smallest absolute Gasteiger partial charge is 0.331 e. The van der Waals surface area contributed by atoms with Crippen LogP contribution in [0.2, 0.25) is 0 Å². The molecule has 0 radical (unpaired) electrons. The van der Waals surface area contributed by atoms with Gasteiger partial charge in [0.1, 0.15) is 0 Å². The minimum Gasteiger partial charge on any atom is -0.478 e. The maximum Gasteiger partial charge on any atom is 0.331 e.